The number of nitro groups is 1. The molecule has 0 spiro atoms. The Morgan fingerprint density at radius 1 is 1.52 bits per heavy atom. The van der Waals surface area contributed by atoms with Gasteiger partial charge in [0.25, 0.3) is 0 Å². The van der Waals surface area contributed by atoms with Crippen molar-refractivity contribution in [1.29, 1.82) is 0 Å². The molecule has 2 heterocycles. The van der Waals surface area contributed by atoms with Crippen molar-refractivity contribution >= 4 is 11.5 Å². The van der Waals surface area contributed by atoms with E-state index in [1.165, 1.54) is 4.68 Å². The average molecular weight is 297 g/mol. The lowest BCUT2D eigenvalue weighted by Crippen LogP contribution is -2.32. The third-order valence-electron chi connectivity index (χ3n) is 3.63. The molecule has 0 unspecified atom stereocenters. The van der Waals surface area contributed by atoms with Crippen LogP contribution in [0.25, 0.3) is 0 Å². The summed E-state index contributed by atoms with van der Waals surface area (Å²) in [5, 5.41) is 21.5. The summed E-state index contributed by atoms with van der Waals surface area (Å²) in [6.07, 6.45) is 3.27. The number of ether oxygens (including phenoxy) is 1. The first kappa shape index (κ1) is 15.7. The van der Waals surface area contributed by atoms with Crippen LogP contribution in [0.5, 0.6) is 0 Å². The molecule has 118 valence electrons. The van der Waals surface area contributed by atoms with Gasteiger partial charge >= 0.3 is 5.69 Å². The molecule has 1 aliphatic rings. The Labute approximate surface area is 124 Å². The molecule has 0 amide bonds. The van der Waals surface area contributed by atoms with E-state index < -0.39 is 4.92 Å². The lowest BCUT2D eigenvalue weighted by atomic mass is 10.1. The molecule has 1 fully saturated rings. The smallest absolute Gasteiger partial charge is 0.333 e. The van der Waals surface area contributed by atoms with Crippen LogP contribution < -0.4 is 10.6 Å². The Morgan fingerprint density at radius 2 is 2.24 bits per heavy atom. The Kier molecular flexibility index (Phi) is 5.51. The van der Waals surface area contributed by atoms with Crippen LogP contribution >= 0.6 is 0 Å². The highest BCUT2D eigenvalue weighted by Crippen LogP contribution is 2.26. The largest absolute Gasteiger partial charge is 0.378 e. The Morgan fingerprint density at radius 3 is 2.90 bits per heavy atom. The van der Waals surface area contributed by atoms with Gasteiger partial charge in [0.2, 0.25) is 5.82 Å². The second-order valence-electron chi connectivity index (χ2n) is 5.26. The lowest BCUT2D eigenvalue weighted by molar-refractivity contribution is -0.384. The predicted molar refractivity (Wildman–Crippen MR) is 79.5 cm³/mol. The number of nitrogens with one attached hydrogen (secondary N) is 2. The molecule has 21 heavy (non-hydrogen) atoms. The zero-order valence-corrected chi connectivity index (χ0v) is 12.6. The molecule has 0 saturated carbocycles. The molecule has 8 heteroatoms. The Bertz CT molecular complexity index is 482. The number of aryl methyl sites for hydroxylation is 2. The van der Waals surface area contributed by atoms with Gasteiger partial charge in [0.1, 0.15) is 5.69 Å². The maximum absolute atomic E-state index is 11.0. The van der Waals surface area contributed by atoms with Gasteiger partial charge in [-0.15, -0.1) is 0 Å². The molecule has 8 nitrogen and oxygen atoms in total. The monoisotopic (exact) mass is 297 g/mol. The number of aromatic nitrogens is 2. The van der Waals surface area contributed by atoms with E-state index in [1.807, 2.05) is 0 Å². The van der Waals surface area contributed by atoms with E-state index in [1.54, 1.807) is 14.0 Å². The van der Waals surface area contributed by atoms with Crippen molar-refractivity contribution in [2.75, 3.05) is 31.6 Å². The summed E-state index contributed by atoms with van der Waals surface area (Å²) >= 11 is 0. The molecule has 0 radical (unpaired) electrons. The summed E-state index contributed by atoms with van der Waals surface area (Å²) in [6.45, 7) is 4.98. The van der Waals surface area contributed by atoms with Crippen LogP contribution in [0, 0.1) is 17.0 Å². The van der Waals surface area contributed by atoms with E-state index in [4.69, 9.17) is 4.74 Å². The summed E-state index contributed by atoms with van der Waals surface area (Å²) < 4.78 is 7.31. The molecule has 1 saturated heterocycles. The van der Waals surface area contributed by atoms with Crippen molar-refractivity contribution in [2.45, 2.75) is 32.3 Å². The minimum Gasteiger partial charge on any atom is -0.378 e. The Hall–Kier alpha value is -1.67. The van der Waals surface area contributed by atoms with Crippen LogP contribution in [0.4, 0.5) is 11.5 Å². The van der Waals surface area contributed by atoms with Gasteiger partial charge in [0.15, 0.2) is 0 Å². The van der Waals surface area contributed by atoms with Crippen LogP contribution in [0.15, 0.2) is 0 Å². The van der Waals surface area contributed by atoms with Gasteiger partial charge in [-0.1, -0.05) is 0 Å². The highest BCUT2D eigenvalue weighted by atomic mass is 16.6. The fourth-order valence-electron chi connectivity index (χ4n) is 2.55. The minimum atomic E-state index is -0.393. The van der Waals surface area contributed by atoms with Gasteiger partial charge in [0.05, 0.1) is 11.0 Å². The molecular weight excluding hydrogens is 274 g/mol. The van der Waals surface area contributed by atoms with E-state index in [9.17, 15) is 10.1 Å². The first-order chi connectivity index (χ1) is 10.1. The molecule has 0 aromatic carbocycles. The molecule has 2 rings (SSSR count). The maximum Gasteiger partial charge on any atom is 0.333 e. The van der Waals surface area contributed by atoms with E-state index >= 15 is 0 Å². The highest BCUT2D eigenvalue weighted by Gasteiger charge is 2.23. The summed E-state index contributed by atoms with van der Waals surface area (Å²) in [7, 11) is 1.70. The third-order valence-corrected chi connectivity index (χ3v) is 3.63. The summed E-state index contributed by atoms with van der Waals surface area (Å²) in [6, 6.07) is 0. The SMILES string of the molecule is Cc1nn(C)c(NCCCOC2CCNCC2)c1[N+](=O)[O-]. The fraction of sp³-hybridized carbons (Fsp3) is 0.769. The molecule has 0 atom stereocenters. The summed E-state index contributed by atoms with van der Waals surface area (Å²) in [4.78, 5) is 10.6. The average Bonchev–Trinajstić information content (AvgIpc) is 2.74. The number of piperidine rings is 1. The van der Waals surface area contributed by atoms with E-state index in [2.05, 4.69) is 15.7 Å². The van der Waals surface area contributed by atoms with Crippen LogP contribution in [0.1, 0.15) is 25.0 Å². The van der Waals surface area contributed by atoms with Crippen LogP contribution in [-0.4, -0.2) is 47.0 Å². The quantitative estimate of drug-likeness (QED) is 0.446. The van der Waals surface area contributed by atoms with Gasteiger partial charge in [-0.3, -0.25) is 10.1 Å². The minimum absolute atomic E-state index is 0.0526. The molecule has 2 N–H and O–H groups in total. The van der Waals surface area contributed by atoms with Crippen LogP contribution in [0.2, 0.25) is 0 Å². The van der Waals surface area contributed by atoms with Crippen molar-refractivity contribution in [3.05, 3.63) is 15.8 Å². The topological polar surface area (TPSA) is 94.2 Å². The van der Waals surface area contributed by atoms with Crippen molar-refractivity contribution in [3.63, 3.8) is 0 Å². The molecule has 1 aromatic heterocycles. The molecule has 0 aliphatic carbocycles. The number of hydrogen-bond acceptors (Lipinski definition) is 6. The van der Waals surface area contributed by atoms with Crippen molar-refractivity contribution in [3.8, 4) is 0 Å². The molecule has 1 aromatic rings. The number of hydrogen-bond donors (Lipinski definition) is 2. The van der Waals surface area contributed by atoms with Crippen molar-refractivity contribution in [1.82, 2.24) is 15.1 Å². The van der Waals surface area contributed by atoms with Gasteiger partial charge < -0.3 is 15.4 Å². The van der Waals surface area contributed by atoms with E-state index in [0.717, 1.165) is 32.4 Å². The predicted octanol–water partition coefficient (Wildman–Crippen LogP) is 1.21. The Balaban J connectivity index is 1.74. The third kappa shape index (κ3) is 4.15. The fourth-order valence-corrected chi connectivity index (χ4v) is 2.55. The van der Waals surface area contributed by atoms with Gasteiger partial charge in [0, 0.05) is 20.2 Å². The zero-order chi connectivity index (χ0) is 15.2. The van der Waals surface area contributed by atoms with E-state index in [0.29, 0.717) is 30.8 Å². The second kappa shape index (κ2) is 7.37. The maximum atomic E-state index is 11.0. The van der Waals surface area contributed by atoms with Crippen molar-refractivity contribution in [2.24, 2.45) is 7.05 Å². The van der Waals surface area contributed by atoms with Gasteiger partial charge in [-0.05, 0) is 39.3 Å². The highest BCUT2D eigenvalue weighted by molar-refractivity contribution is 5.59. The summed E-state index contributed by atoms with van der Waals surface area (Å²) in [5.41, 5.74) is 0.479. The van der Waals surface area contributed by atoms with E-state index in [-0.39, 0.29) is 5.69 Å². The molecule has 1 aliphatic heterocycles. The first-order valence-electron chi connectivity index (χ1n) is 7.33. The lowest BCUT2D eigenvalue weighted by Gasteiger charge is -2.22. The van der Waals surface area contributed by atoms with Crippen LogP contribution in [-0.2, 0) is 11.8 Å². The number of rotatable bonds is 7. The van der Waals surface area contributed by atoms with Gasteiger partial charge in [-0.25, -0.2) is 4.68 Å². The second-order valence-corrected chi connectivity index (χ2v) is 5.26. The molecular formula is C13H23N5O3. The normalized spacial score (nSPS) is 16.1. The zero-order valence-electron chi connectivity index (χ0n) is 12.6. The summed E-state index contributed by atoms with van der Waals surface area (Å²) in [5.74, 6) is 0.458. The van der Waals surface area contributed by atoms with Gasteiger partial charge in [-0.2, -0.15) is 5.10 Å². The van der Waals surface area contributed by atoms with Crippen LogP contribution in [0.3, 0.4) is 0 Å². The first-order valence-corrected chi connectivity index (χ1v) is 7.33. The number of nitrogens with zero attached hydrogens (tertiary/aromatic N) is 3. The molecule has 0 bridgehead atoms. The van der Waals surface area contributed by atoms with Crippen molar-refractivity contribution < 1.29 is 9.66 Å². The number of anilines is 1. The standard InChI is InChI=1S/C13H23N5O3/c1-10-12(18(19)20)13(17(2)16-10)15-6-3-9-21-11-4-7-14-8-5-11/h11,14-15H,3-9H2,1-2H3.